The number of ether oxygens (including phenoxy) is 14. The molecule has 8 unspecified atom stereocenters. The van der Waals surface area contributed by atoms with E-state index >= 15 is 0 Å². The number of rotatable bonds is 27. The predicted octanol–water partition coefficient (Wildman–Crippen LogP) is 21.6. The molecule has 4 amide bonds. The Hall–Kier alpha value is -9.20. The molecule has 12 heterocycles. The summed E-state index contributed by atoms with van der Waals surface area (Å²) in [6, 6.07) is 26.8. The summed E-state index contributed by atoms with van der Waals surface area (Å²) in [6.07, 6.45) is 24.1. The van der Waals surface area contributed by atoms with Gasteiger partial charge in [0.05, 0.1) is 148 Å². The molecule has 0 N–H and O–H groups in total. The fourth-order valence-electron chi connectivity index (χ4n) is 20.5. The second-order valence-corrected chi connectivity index (χ2v) is 41.5. The van der Waals surface area contributed by atoms with E-state index in [-0.39, 0.29) is 119 Å². The van der Waals surface area contributed by atoms with E-state index in [1.165, 1.54) is 9.75 Å². The zero-order valence-corrected chi connectivity index (χ0v) is 86.4. The number of pyridine rings is 2. The second kappa shape index (κ2) is 48.3. The number of likely N-dealkylation sites (tertiary alicyclic amines) is 4. The lowest BCUT2D eigenvalue weighted by Crippen LogP contribution is -2.52. The summed E-state index contributed by atoms with van der Waals surface area (Å²) in [5.74, 6) is 5.04. The Labute approximate surface area is 820 Å². The largest absolute Gasteiger partial charge is 0.495 e. The molecule has 16 rings (SSSR count). The molecule has 0 bridgehead atoms. The molecule has 26 nitrogen and oxygen atoms in total. The first-order valence-corrected chi connectivity index (χ1v) is 51.7. The molecular weight excluding hydrogens is 1770 g/mol. The SMILES string of the molecule is CCCOC1CC(c2cncc(OC)c2)OC2(CCN(C(=O)c3ccc(OC(C)C)c(C)c3)CC2)C1.CCOC1CC(c2cnc(C)s2)OC2(CCN(C(=O)c3ccc(OC(C)C)c(C)c3)CC2)C1.CCOC1CC(c2cncc(OC)c2)OC2(CCN(C(=O)c3ccc(OC(C)C)c(C)c3)CC2)C1.CCOC1CC(c2scnc2C)OC2(CCN(C(=O)c3ccc(OC(C)C)c(C)c3)CC2)C1. The van der Waals surface area contributed by atoms with Crippen LogP contribution in [-0.4, -0.2) is 227 Å². The summed E-state index contributed by atoms with van der Waals surface area (Å²) in [5, 5.41) is 1.06. The van der Waals surface area contributed by atoms with Gasteiger partial charge in [-0.25, -0.2) is 9.97 Å². The van der Waals surface area contributed by atoms with Crippen LogP contribution in [0.3, 0.4) is 0 Å². The molecule has 8 saturated heterocycles. The average molecular weight is 1920 g/mol. The predicted molar refractivity (Wildman–Crippen MR) is 533 cm³/mol. The summed E-state index contributed by atoms with van der Waals surface area (Å²) in [4.78, 5) is 80.8. The molecule has 4 spiro atoms. The summed E-state index contributed by atoms with van der Waals surface area (Å²) in [6.45, 7) is 44.5. The molecule has 8 aliphatic rings. The Morgan fingerprint density at radius 2 is 0.701 bits per heavy atom. The van der Waals surface area contributed by atoms with Crippen molar-refractivity contribution in [2.24, 2.45) is 0 Å². The quantitative estimate of drug-likeness (QED) is 0.0463. The monoisotopic (exact) mass is 1920 g/mol. The van der Waals surface area contributed by atoms with Crippen LogP contribution in [0.5, 0.6) is 34.5 Å². The van der Waals surface area contributed by atoms with Gasteiger partial charge in [-0.15, -0.1) is 22.7 Å². The highest BCUT2D eigenvalue weighted by atomic mass is 32.1. The molecule has 8 aromatic rings. The van der Waals surface area contributed by atoms with Gasteiger partial charge >= 0.3 is 0 Å². The third kappa shape index (κ3) is 27.7. The maximum absolute atomic E-state index is 13.3. The molecule has 0 saturated carbocycles. The van der Waals surface area contributed by atoms with E-state index in [0.29, 0.717) is 88.9 Å². The highest BCUT2D eigenvalue weighted by molar-refractivity contribution is 7.11. The fraction of sp³-hybridized carbons (Fsp3) is 0.596. The smallest absolute Gasteiger partial charge is 0.253 e. The highest BCUT2D eigenvalue weighted by Gasteiger charge is 2.51. The Bertz CT molecular complexity index is 5260. The molecule has 8 fully saturated rings. The molecule has 0 radical (unpaired) electrons. The van der Waals surface area contributed by atoms with Gasteiger partial charge < -0.3 is 85.9 Å². The van der Waals surface area contributed by atoms with Gasteiger partial charge in [-0.2, -0.15) is 0 Å². The molecule has 28 heteroatoms. The standard InChI is InChI=1S/C29H40N2O5.C28H38N2O5.2C26H36N2O4S/c1-6-13-34-24-16-27(23-15-25(33-5)19-30-18-23)36-29(17-24)9-11-31(12-10-29)28(32)22-7-8-26(21(4)14-22)35-20(2)3;1-6-33-23-15-26(22-14-24(32-5)18-29-17-22)35-28(16-23)9-11-30(12-10-28)27(31)21-7-8-25(20(4)13-21)34-19(2)3;1-6-30-21-14-23(24-19(5)27-16-33-24)32-26(15-21)9-11-28(12-10-26)25(29)20-7-8-22(18(4)13-20)31-17(2)3;1-6-30-21-14-23(24-16-27-19(5)33-24)32-26(15-21)9-11-28(12-10-26)25(29)20-7-8-22(18(4)13-20)31-17(2)3/h7-8,14-15,18-20,24,27H,6,9-13,16-17H2,1-5H3;7-8,13-14,17-19,23,26H,6,9-12,15-16H2,1-5H3;2*7-8,13,16-17,21,23H,6,9-12,14-15H2,1-5H3. The van der Waals surface area contributed by atoms with Crippen LogP contribution < -0.4 is 28.4 Å². The van der Waals surface area contributed by atoms with Crippen molar-refractivity contribution in [2.75, 3.05) is 93.0 Å². The first-order chi connectivity index (χ1) is 65.7. The van der Waals surface area contributed by atoms with Gasteiger partial charge in [0.2, 0.25) is 0 Å². The summed E-state index contributed by atoms with van der Waals surface area (Å²) in [7, 11) is 3.29. The number of methoxy groups -OCH3 is 2. The van der Waals surface area contributed by atoms with E-state index in [9.17, 15) is 19.2 Å². The van der Waals surface area contributed by atoms with Gasteiger partial charge in [-0.05, 0) is 283 Å². The van der Waals surface area contributed by atoms with Crippen LogP contribution in [0.1, 0.15) is 312 Å². The number of hydrogen-bond donors (Lipinski definition) is 0. The highest BCUT2D eigenvalue weighted by Crippen LogP contribution is 2.51. The number of hydrogen-bond acceptors (Lipinski definition) is 24. The lowest BCUT2D eigenvalue weighted by Gasteiger charge is -2.48. The number of thiazole rings is 2. The third-order valence-electron chi connectivity index (χ3n) is 27.3. The van der Waals surface area contributed by atoms with Crippen LogP contribution in [0.25, 0.3) is 0 Å². The van der Waals surface area contributed by atoms with Crippen molar-refractivity contribution >= 4 is 46.3 Å². The number of amides is 4. The van der Waals surface area contributed by atoms with Gasteiger partial charge in [0.25, 0.3) is 23.6 Å². The lowest BCUT2D eigenvalue weighted by molar-refractivity contribution is -0.191. The minimum absolute atomic E-state index is 0.0138. The second-order valence-electron chi connectivity index (χ2n) is 39.3. The van der Waals surface area contributed by atoms with Crippen LogP contribution in [-0.2, 0) is 37.9 Å². The van der Waals surface area contributed by atoms with E-state index < -0.39 is 0 Å². The number of benzene rings is 4. The van der Waals surface area contributed by atoms with Gasteiger partial charge in [-0.1, -0.05) is 6.92 Å². The summed E-state index contributed by atoms with van der Waals surface area (Å²) < 4.78 is 85.6. The minimum atomic E-state index is -0.313. The molecule has 746 valence electrons. The van der Waals surface area contributed by atoms with Crippen LogP contribution in [0.2, 0.25) is 0 Å². The van der Waals surface area contributed by atoms with Crippen molar-refractivity contribution in [2.45, 2.75) is 329 Å². The number of aromatic nitrogens is 4. The van der Waals surface area contributed by atoms with Crippen molar-refractivity contribution in [3.8, 4) is 34.5 Å². The fourth-order valence-corrected chi connectivity index (χ4v) is 22.2. The van der Waals surface area contributed by atoms with E-state index in [1.807, 2.05) is 232 Å². The Morgan fingerprint density at radius 1 is 0.394 bits per heavy atom. The number of piperidine rings is 4. The zero-order valence-electron chi connectivity index (χ0n) is 84.7. The zero-order chi connectivity index (χ0) is 97.9. The van der Waals surface area contributed by atoms with Gasteiger partial charge in [0.15, 0.2) is 0 Å². The lowest BCUT2D eigenvalue weighted by atomic mass is 9.80. The van der Waals surface area contributed by atoms with E-state index in [2.05, 4.69) is 40.7 Å². The van der Waals surface area contributed by atoms with Crippen molar-refractivity contribution in [3.63, 3.8) is 0 Å². The Kier molecular flexibility index (Phi) is 37.1. The van der Waals surface area contributed by atoms with Gasteiger partial charge in [-0.3, -0.25) is 29.1 Å². The number of nitrogens with zero attached hydrogens (tertiary/aromatic N) is 8. The number of carbonyl (C=O) groups excluding carboxylic acids is 4. The Balaban J connectivity index is 0.000000154. The third-order valence-corrected chi connectivity index (χ3v) is 29.4. The normalized spacial score (nSPS) is 22.2. The van der Waals surface area contributed by atoms with E-state index in [4.69, 9.17) is 66.3 Å². The maximum atomic E-state index is 13.3. The number of carbonyl (C=O) groups is 4. The van der Waals surface area contributed by atoms with Crippen LogP contribution in [0.4, 0.5) is 0 Å². The van der Waals surface area contributed by atoms with Crippen LogP contribution in [0, 0.1) is 41.5 Å². The summed E-state index contributed by atoms with van der Waals surface area (Å²) >= 11 is 3.37. The van der Waals surface area contributed by atoms with E-state index in [1.54, 1.807) is 49.3 Å². The van der Waals surface area contributed by atoms with E-state index in [0.717, 1.165) is 200 Å². The van der Waals surface area contributed by atoms with Gasteiger partial charge in [0.1, 0.15) is 34.5 Å². The molecule has 4 aromatic heterocycles. The number of aryl methyl sites for hydroxylation is 6. The average Bonchev–Trinajstić information content (AvgIpc) is 0.855. The first kappa shape index (κ1) is 105. The first-order valence-electron chi connectivity index (χ1n) is 50.0. The van der Waals surface area contributed by atoms with Crippen molar-refractivity contribution in [3.05, 3.63) is 198 Å². The van der Waals surface area contributed by atoms with Crippen molar-refractivity contribution in [1.29, 1.82) is 0 Å². The summed E-state index contributed by atoms with van der Waals surface area (Å²) in [5.41, 5.74) is 10.6. The molecule has 0 aliphatic carbocycles. The molecule has 8 atom stereocenters. The minimum Gasteiger partial charge on any atom is -0.495 e. The Morgan fingerprint density at radius 3 is 0.978 bits per heavy atom. The molecular formula is C109H150N8O18S2. The van der Waals surface area contributed by atoms with Crippen LogP contribution >= 0.6 is 22.7 Å². The van der Waals surface area contributed by atoms with Crippen molar-refractivity contribution in [1.82, 2.24) is 39.5 Å². The maximum Gasteiger partial charge on any atom is 0.253 e. The van der Waals surface area contributed by atoms with Gasteiger partial charge in [0, 0.05) is 182 Å². The topological polar surface area (TPSA) is 262 Å². The molecule has 4 aromatic carbocycles. The van der Waals surface area contributed by atoms with Crippen LogP contribution in [0.15, 0.2) is 121 Å². The van der Waals surface area contributed by atoms with Crippen molar-refractivity contribution < 1.29 is 85.5 Å². The molecule has 137 heavy (non-hydrogen) atoms. The molecule has 8 aliphatic heterocycles.